The molecule has 1 aliphatic carbocycles. The molecule has 65 heavy (non-hydrogen) atoms. The first-order chi connectivity index (χ1) is 31.2. The normalized spacial score (nSPS) is 15.0. The molecule has 4 heteroatoms. The van der Waals surface area contributed by atoms with Gasteiger partial charge in [0.1, 0.15) is 0 Å². The fourth-order valence-corrected chi connectivity index (χ4v) is 11.7. The van der Waals surface area contributed by atoms with Gasteiger partial charge in [0.25, 0.3) is 0 Å². The molecular weight excluding hydrogens is 804 g/mol. The van der Waals surface area contributed by atoms with Crippen molar-refractivity contribution >= 4 is 78.2 Å². The number of fused-ring (bicyclic) bond motifs is 7. The van der Waals surface area contributed by atoms with Gasteiger partial charge in [-0.15, -0.1) is 11.3 Å². The SMILES string of the molecule is Cc1cc(C(C)(C)C)ccc1N1c2cc3c(cc2[B]c2c(-c4ccc(-c5ccccc5)cc4Nc4ccc(-c5ccccc5)cc4)cc4sc5ccccc5c4c21)C(C)(C)CCC3(C)C. The monoisotopic (exact) mass is 859 g/mol. The van der Waals surface area contributed by atoms with Crippen molar-refractivity contribution in [3.63, 3.8) is 0 Å². The Morgan fingerprint density at radius 2 is 1.18 bits per heavy atom. The molecule has 9 aromatic rings. The Labute approximate surface area is 390 Å². The van der Waals surface area contributed by atoms with Gasteiger partial charge in [-0.3, -0.25) is 0 Å². The number of rotatable bonds is 6. The zero-order valence-corrected chi connectivity index (χ0v) is 39.8. The van der Waals surface area contributed by atoms with Crippen LogP contribution in [0.5, 0.6) is 0 Å². The van der Waals surface area contributed by atoms with E-state index in [0.29, 0.717) is 0 Å². The van der Waals surface area contributed by atoms with E-state index in [1.54, 1.807) is 0 Å². The van der Waals surface area contributed by atoms with Crippen LogP contribution in [0.15, 0.2) is 164 Å². The summed E-state index contributed by atoms with van der Waals surface area (Å²) in [5.41, 5.74) is 21.3. The van der Waals surface area contributed by atoms with Crippen LogP contribution < -0.4 is 21.1 Å². The minimum Gasteiger partial charge on any atom is -0.355 e. The average Bonchev–Trinajstić information content (AvgIpc) is 3.68. The summed E-state index contributed by atoms with van der Waals surface area (Å²) in [5.74, 6) is 0. The number of benzene rings is 8. The van der Waals surface area contributed by atoms with Crippen LogP contribution in [0.3, 0.4) is 0 Å². The number of aryl methyl sites for hydroxylation is 1. The number of hydrogen-bond donors (Lipinski definition) is 1. The van der Waals surface area contributed by atoms with Gasteiger partial charge in [-0.1, -0.05) is 175 Å². The number of thiophene rings is 1. The van der Waals surface area contributed by atoms with Gasteiger partial charge in [0.15, 0.2) is 7.28 Å². The van der Waals surface area contributed by atoms with E-state index >= 15 is 0 Å². The van der Waals surface area contributed by atoms with Crippen LogP contribution in [-0.2, 0) is 16.2 Å². The Bertz CT molecular complexity index is 3300. The van der Waals surface area contributed by atoms with Crippen LogP contribution in [0.2, 0.25) is 0 Å². The molecule has 0 unspecified atom stereocenters. The van der Waals surface area contributed by atoms with Crippen LogP contribution in [0.4, 0.5) is 28.4 Å². The van der Waals surface area contributed by atoms with Crippen LogP contribution >= 0.6 is 11.3 Å². The fourth-order valence-electron chi connectivity index (χ4n) is 10.5. The predicted octanol–water partition coefficient (Wildman–Crippen LogP) is 16.2. The summed E-state index contributed by atoms with van der Waals surface area (Å²) in [6.45, 7) is 19.1. The third-order valence-corrected chi connectivity index (χ3v) is 15.6. The summed E-state index contributed by atoms with van der Waals surface area (Å²) in [7, 11) is 2.53. The Hall–Kier alpha value is -6.36. The van der Waals surface area contributed by atoms with E-state index in [4.69, 9.17) is 0 Å². The van der Waals surface area contributed by atoms with Gasteiger partial charge in [0.2, 0.25) is 0 Å². The Morgan fingerprint density at radius 1 is 0.569 bits per heavy atom. The molecule has 8 aromatic carbocycles. The van der Waals surface area contributed by atoms with Gasteiger partial charge in [0, 0.05) is 48.5 Å². The molecule has 1 N–H and O–H groups in total. The maximum Gasteiger partial charge on any atom is 0.197 e. The van der Waals surface area contributed by atoms with E-state index in [1.807, 2.05) is 11.3 Å². The third kappa shape index (κ3) is 7.18. The Balaban J connectivity index is 1.19. The standard InChI is InChI=1S/C61H56BN2S/c1-38-33-43(59(2,3)4)26-30-52(38)64-53-37-49-48(60(5,6)31-32-61(49,7)8)36-50(53)62-57-47(35-55-56(58(57)64)46-21-15-16-22-54(46)65-55)45-29-25-42(40-19-13-10-14-20-40)34-51(45)63-44-27-23-41(24-28-44)39-17-11-9-12-18-39/h9-30,33-37,63H,31-32H2,1-8H3. The lowest BCUT2D eigenvalue weighted by molar-refractivity contribution is 0.332. The van der Waals surface area contributed by atoms with Crippen LogP contribution in [0.25, 0.3) is 53.6 Å². The number of nitrogens with zero attached hydrogens (tertiary/aromatic N) is 1. The first-order valence-electron chi connectivity index (χ1n) is 23.3. The van der Waals surface area contributed by atoms with E-state index in [9.17, 15) is 0 Å². The molecule has 1 radical (unpaired) electrons. The topological polar surface area (TPSA) is 15.3 Å². The highest BCUT2D eigenvalue weighted by Crippen LogP contribution is 2.52. The van der Waals surface area contributed by atoms with Gasteiger partial charge in [0.05, 0.1) is 5.69 Å². The lowest BCUT2D eigenvalue weighted by atomic mass is 9.55. The van der Waals surface area contributed by atoms with Gasteiger partial charge < -0.3 is 10.2 Å². The van der Waals surface area contributed by atoms with Crippen molar-refractivity contribution in [1.29, 1.82) is 0 Å². The summed E-state index contributed by atoms with van der Waals surface area (Å²) in [6, 6.07) is 61.1. The Morgan fingerprint density at radius 3 is 1.86 bits per heavy atom. The highest BCUT2D eigenvalue weighted by molar-refractivity contribution is 7.26. The number of hydrogen-bond acceptors (Lipinski definition) is 3. The largest absolute Gasteiger partial charge is 0.355 e. The zero-order chi connectivity index (χ0) is 44.8. The molecule has 0 saturated heterocycles. The van der Waals surface area contributed by atoms with Crippen molar-refractivity contribution in [2.24, 2.45) is 0 Å². The van der Waals surface area contributed by atoms with Crippen molar-refractivity contribution in [2.45, 2.75) is 84.5 Å². The van der Waals surface area contributed by atoms with Crippen LogP contribution in [0.1, 0.15) is 83.6 Å². The van der Waals surface area contributed by atoms with Crippen molar-refractivity contribution in [3.05, 3.63) is 186 Å². The molecule has 1 aliphatic heterocycles. The van der Waals surface area contributed by atoms with Crippen molar-refractivity contribution in [1.82, 2.24) is 0 Å². The second kappa shape index (κ2) is 15.4. The minimum absolute atomic E-state index is 0.0324. The van der Waals surface area contributed by atoms with Crippen LogP contribution in [0, 0.1) is 6.92 Å². The van der Waals surface area contributed by atoms with E-state index in [0.717, 1.165) is 11.4 Å². The summed E-state index contributed by atoms with van der Waals surface area (Å²) in [4.78, 5) is 2.66. The van der Waals surface area contributed by atoms with Gasteiger partial charge in [-0.05, 0) is 134 Å². The molecule has 0 spiro atoms. The molecule has 2 heterocycles. The van der Waals surface area contributed by atoms with E-state index < -0.39 is 0 Å². The third-order valence-electron chi connectivity index (χ3n) is 14.4. The molecule has 0 atom stereocenters. The molecule has 0 bridgehead atoms. The average molecular weight is 860 g/mol. The maximum absolute atomic E-state index is 3.97. The second-order valence-corrected chi connectivity index (χ2v) is 21.9. The highest BCUT2D eigenvalue weighted by atomic mass is 32.1. The highest BCUT2D eigenvalue weighted by Gasteiger charge is 2.40. The van der Waals surface area contributed by atoms with Gasteiger partial charge in [-0.2, -0.15) is 0 Å². The number of anilines is 5. The van der Waals surface area contributed by atoms with Crippen molar-refractivity contribution in [3.8, 4) is 33.4 Å². The lowest BCUT2D eigenvalue weighted by Gasteiger charge is -2.44. The molecule has 2 nitrogen and oxygen atoms in total. The minimum atomic E-state index is 0.0324. The van der Waals surface area contributed by atoms with E-state index in [-0.39, 0.29) is 16.2 Å². The van der Waals surface area contributed by atoms with Crippen molar-refractivity contribution in [2.75, 3.05) is 10.2 Å². The molecule has 0 amide bonds. The fraction of sp³-hybridized carbons (Fsp3) is 0.213. The molecule has 0 fully saturated rings. The van der Waals surface area contributed by atoms with Crippen molar-refractivity contribution < 1.29 is 0 Å². The zero-order valence-electron chi connectivity index (χ0n) is 38.9. The maximum atomic E-state index is 3.97. The molecule has 0 saturated carbocycles. The summed E-state index contributed by atoms with van der Waals surface area (Å²) in [6.07, 6.45) is 2.33. The van der Waals surface area contributed by atoms with Gasteiger partial charge in [-0.25, -0.2) is 0 Å². The van der Waals surface area contributed by atoms with Gasteiger partial charge >= 0.3 is 0 Å². The molecular formula is C61H56BN2S. The summed E-state index contributed by atoms with van der Waals surface area (Å²) < 4.78 is 2.59. The molecule has 2 aliphatic rings. The smallest absolute Gasteiger partial charge is 0.197 e. The summed E-state index contributed by atoms with van der Waals surface area (Å²) in [5, 5.41) is 6.59. The number of nitrogens with one attached hydrogen (secondary N) is 1. The second-order valence-electron chi connectivity index (χ2n) is 20.8. The quantitative estimate of drug-likeness (QED) is 0.168. The molecule has 11 rings (SSSR count). The summed E-state index contributed by atoms with van der Waals surface area (Å²) >= 11 is 1.90. The van der Waals surface area contributed by atoms with E-state index in [1.165, 1.54) is 117 Å². The Kier molecular flexibility index (Phi) is 9.79. The lowest BCUT2D eigenvalue weighted by Crippen LogP contribution is -2.44. The van der Waals surface area contributed by atoms with E-state index in [2.05, 4.69) is 237 Å². The predicted molar refractivity (Wildman–Crippen MR) is 284 cm³/mol. The molecule has 1 aromatic heterocycles. The first-order valence-corrected chi connectivity index (χ1v) is 24.1. The molecule has 319 valence electrons. The first kappa shape index (κ1) is 41.4. The van der Waals surface area contributed by atoms with Crippen LogP contribution in [-0.4, -0.2) is 7.28 Å².